The highest BCUT2D eigenvalue weighted by Gasteiger charge is 2.29. The third kappa shape index (κ3) is 4.75. The average Bonchev–Trinajstić information content (AvgIpc) is 2.55. The number of benzene rings is 1. The SMILES string of the molecule is CCC(C)NC(=O)CN1CCN(S(=O)(=O)c2cccc(F)c2)CC1. The molecule has 8 heteroatoms. The zero-order chi connectivity index (χ0) is 17.7. The van der Waals surface area contributed by atoms with Gasteiger partial charge in [-0.3, -0.25) is 9.69 Å². The fourth-order valence-corrected chi connectivity index (χ4v) is 3.98. The second kappa shape index (κ2) is 8.04. The van der Waals surface area contributed by atoms with Crippen LogP contribution >= 0.6 is 0 Å². The molecule has 0 bridgehead atoms. The molecule has 1 aromatic carbocycles. The molecule has 1 unspecified atom stereocenters. The Kier molecular flexibility index (Phi) is 6.31. The molecule has 1 aliphatic heterocycles. The summed E-state index contributed by atoms with van der Waals surface area (Å²) in [6.45, 7) is 5.73. The molecular weight excluding hydrogens is 333 g/mol. The number of carbonyl (C=O) groups is 1. The maximum Gasteiger partial charge on any atom is 0.243 e. The van der Waals surface area contributed by atoms with Crippen molar-refractivity contribution in [3.05, 3.63) is 30.1 Å². The van der Waals surface area contributed by atoms with Gasteiger partial charge in [-0.05, 0) is 31.5 Å². The third-order valence-corrected chi connectivity index (χ3v) is 6.05. The van der Waals surface area contributed by atoms with Crippen molar-refractivity contribution in [2.75, 3.05) is 32.7 Å². The van der Waals surface area contributed by atoms with Crippen molar-refractivity contribution in [3.63, 3.8) is 0 Å². The van der Waals surface area contributed by atoms with E-state index in [-0.39, 0.29) is 36.5 Å². The Morgan fingerprint density at radius 2 is 1.96 bits per heavy atom. The maximum atomic E-state index is 13.3. The average molecular weight is 357 g/mol. The normalized spacial score (nSPS) is 18.3. The Morgan fingerprint density at radius 1 is 1.29 bits per heavy atom. The molecule has 6 nitrogen and oxygen atoms in total. The quantitative estimate of drug-likeness (QED) is 0.826. The van der Waals surface area contributed by atoms with Gasteiger partial charge in [0.1, 0.15) is 5.82 Å². The van der Waals surface area contributed by atoms with Crippen LogP contribution in [0.3, 0.4) is 0 Å². The first-order chi connectivity index (χ1) is 11.3. The number of halogens is 1. The van der Waals surface area contributed by atoms with E-state index in [0.29, 0.717) is 13.1 Å². The van der Waals surface area contributed by atoms with Crippen molar-refractivity contribution in [1.82, 2.24) is 14.5 Å². The van der Waals surface area contributed by atoms with Crippen LogP contribution < -0.4 is 5.32 Å². The Bertz CT molecular complexity index is 673. The van der Waals surface area contributed by atoms with Crippen LogP contribution in [0.5, 0.6) is 0 Å². The summed E-state index contributed by atoms with van der Waals surface area (Å²) < 4.78 is 39.6. The van der Waals surface area contributed by atoms with Crippen LogP contribution in [-0.2, 0) is 14.8 Å². The minimum absolute atomic E-state index is 0.0366. The first-order valence-corrected chi connectivity index (χ1v) is 9.54. The fourth-order valence-electron chi connectivity index (χ4n) is 2.53. The Balaban J connectivity index is 1.91. The van der Waals surface area contributed by atoms with Crippen molar-refractivity contribution in [2.45, 2.75) is 31.2 Å². The fraction of sp³-hybridized carbons (Fsp3) is 0.562. The van der Waals surface area contributed by atoms with Crippen LogP contribution in [-0.4, -0.2) is 62.3 Å². The van der Waals surface area contributed by atoms with Crippen LogP contribution in [0.2, 0.25) is 0 Å². The number of piperazine rings is 1. The highest BCUT2D eigenvalue weighted by Crippen LogP contribution is 2.18. The number of nitrogens with one attached hydrogen (secondary N) is 1. The second-order valence-corrected chi connectivity index (χ2v) is 7.95. The number of carbonyl (C=O) groups excluding carboxylic acids is 1. The standard InChI is InChI=1S/C16H24FN3O3S/c1-3-13(2)18-16(21)12-19-7-9-20(10-8-19)24(22,23)15-6-4-5-14(17)11-15/h4-6,11,13H,3,7-10,12H2,1-2H3,(H,18,21). The molecule has 1 aromatic rings. The number of sulfonamides is 1. The summed E-state index contributed by atoms with van der Waals surface area (Å²) in [5, 5.41) is 2.90. The van der Waals surface area contributed by atoms with Crippen molar-refractivity contribution >= 4 is 15.9 Å². The minimum Gasteiger partial charge on any atom is -0.353 e. The molecule has 134 valence electrons. The van der Waals surface area contributed by atoms with E-state index in [4.69, 9.17) is 0 Å². The van der Waals surface area contributed by atoms with E-state index < -0.39 is 15.8 Å². The zero-order valence-corrected chi connectivity index (χ0v) is 14.9. The van der Waals surface area contributed by atoms with E-state index in [1.807, 2.05) is 18.7 Å². The van der Waals surface area contributed by atoms with Crippen molar-refractivity contribution in [3.8, 4) is 0 Å². The van der Waals surface area contributed by atoms with Gasteiger partial charge < -0.3 is 5.32 Å². The minimum atomic E-state index is -3.69. The van der Waals surface area contributed by atoms with Gasteiger partial charge in [-0.25, -0.2) is 12.8 Å². The van der Waals surface area contributed by atoms with E-state index in [0.717, 1.165) is 12.5 Å². The maximum absolute atomic E-state index is 13.3. The second-order valence-electron chi connectivity index (χ2n) is 6.01. The summed E-state index contributed by atoms with van der Waals surface area (Å²) in [7, 11) is -3.69. The Hall–Kier alpha value is -1.51. The van der Waals surface area contributed by atoms with E-state index in [1.165, 1.54) is 22.5 Å². The van der Waals surface area contributed by atoms with Gasteiger partial charge in [0.25, 0.3) is 0 Å². The van der Waals surface area contributed by atoms with E-state index in [2.05, 4.69) is 5.32 Å². The number of rotatable bonds is 6. The van der Waals surface area contributed by atoms with E-state index >= 15 is 0 Å². The molecule has 0 spiro atoms. The summed E-state index contributed by atoms with van der Waals surface area (Å²) in [5.74, 6) is -0.623. The molecule has 2 rings (SSSR count). The summed E-state index contributed by atoms with van der Waals surface area (Å²) in [5.41, 5.74) is 0. The lowest BCUT2D eigenvalue weighted by Gasteiger charge is -2.33. The van der Waals surface area contributed by atoms with E-state index in [1.54, 1.807) is 0 Å². The van der Waals surface area contributed by atoms with Gasteiger partial charge in [-0.2, -0.15) is 4.31 Å². The lowest BCUT2D eigenvalue weighted by molar-refractivity contribution is -0.123. The molecule has 24 heavy (non-hydrogen) atoms. The zero-order valence-electron chi connectivity index (χ0n) is 14.0. The highest BCUT2D eigenvalue weighted by molar-refractivity contribution is 7.89. The van der Waals surface area contributed by atoms with Crippen LogP contribution in [0.1, 0.15) is 20.3 Å². The van der Waals surface area contributed by atoms with E-state index in [9.17, 15) is 17.6 Å². The molecule has 0 radical (unpaired) electrons. The topological polar surface area (TPSA) is 69.7 Å². The molecule has 0 aliphatic carbocycles. The van der Waals surface area contributed by atoms with Gasteiger partial charge in [0.2, 0.25) is 15.9 Å². The predicted octanol–water partition coefficient (Wildman–Crippen LogP) is 1.05. The molecule has 1 aliphatic rings. The lowest BCUT2D eigenvalue weighted by atomic mass is 10.2. The smallest absolute Gasteiger partial charge is 0.243 e. The molecule has 1 amide bonds. The van der Waals surface area contributed by atoms with Gasteiger partial charge in [0.15, 0.2) is 0 Å². The third-order valence-electron chi connectivity index (χ3n) is 4.15. The number of hydrogen-bond donors (Lipinski definition) is 1. The number of nitrogens with zero attached hydrogens (tertiary/aromatic N) is 2. The lowest BCUT2D eigenvalue weighted by Crippen LogP contribution is -2.51. The molecule has 0 saturated carbocycles. The molecule has 1 N–H and O–H groups in total. The first-order valence-electron chi connectivity index (χ1n) is 8.10. The molecule has 1 fully saturated rings. The van der Waals surface area contributed by atoms with Crippen LogP contribution in [0, 0.1) is 5.82 Å². The summed E-state index contributed by atoms with van der Waals surface area (Å²) in [6.07, 6.45) is 0.866. The van der Waals surface area contributed by atoms with Crippen molar-refractivity contribution < 1.29 is 17.6 Å². The van der Waals surface area contributed by atoms with Gasteiger partial charge in [-0.15, -0.1) is 0 Å². The van der Waals surface area contributed by atoms with Gasteiger partial charge >= 0.3 is 0 Å². The molecule has 0 aromatic heterocycles. The van der Waals surface area contributed by atoms with Crippen LogP contribution in [0.25, 0.3) is 0 Å². The van der Waals surface area contributed by atoms with Gasteiger partial charge in [-0.1, -0.05) is 13.0 Å². The van der Waals surface area contributed by atoms with Crippen molar-refractivity contribution in [2.24, 2.45) is 0 Å². The number of hydrogen-bond acceptors (Lipinski definition) is 4. The summed E-state index contributed by atoms with van der Waals surface area (Å²) in [6, 6.07) is 5.16. The first kappa shape index (κ1) is 18.8. The number of amides is 1. The van der Waals surface area contributed by atoms with Crippen LogP contribution in [0.15, 0.2) is 29.2 Å². The van der Waals surface area contributed by atoms with Crippen molar-refractivity contribution in [1.29, 1.82) is 0 Å². The van der Waals surface area contributed by atoms with Gasteiger partial charge in [0.05, 0.1) is 11.4 Å². The monoisotopic (exact) mass is 357 g/mol. The molecule has 1 saturated heterocycles. The Morgan fingerprint density at radius 3 is 2.54 bits per heavy atom. The predicted molar refractivity (Wildman–Crippen MR) is 89.5 cm³/mol. The van der Waals surface area contributed by atoms with Gasteiger partial charge in [0, 0.05) is 32.2 Å². The van der Waals surface area contributed by atoms with Crippen LogP contribution in [0.4, 0.5) is 4.39 Å². The largest absolute Gasteiger partial charge is 0.353 e. The molecule has 1 atom stereocenters. The highest BCUT2D eigenvalue weighted by atomic mass is 32.2. The molecule has 1 heterocycles. The summed E-state index contributed by atoms with van der Waals surface area (Å²) in [4.78, 5) is 13.8. The Labute approximate surface area is 142 Å². The molecular formula is C16H24FN3O3S. The summed E-state index contributed by atoms with van der Waals surface area (Å²) >= 11 is 0.